The van der Waals surface area contributed by atoms with Crippen molar-refractivity contribution in [3.63, 3.8) is 0 Å². The van der Waals surface area contributed by atoms with Crippen molar-refractivity contribution in [2.24, 2.45) is 0 Å². The molecule has 5 rings (SSSR count). The van der Waals surface area contributed by atoms with Gasteiger partial charge in [-0.3, -0.25) is 0 Å². The molecule has 2 nitrogen and oxygen atoms in total. The zero-order chi connectivity index (χ0) is 21.9. The van der Waals surface area contributed by atoms with Crippen LogP contribution in [0.3, 0.4) is 0 Å². The molecular formula is C25H14Br4O2. The van der Waals surface area contributed by atoms with E-state index < -0.39 is 0 Å². The molecule has 4 aromatic rings. The molecule has 154 valence electrons. The van der Waals surface area contributed by atoms with Crippen LogP contribution in [0.15, 0.2) is 78.6 Å². The zero-order valence-corrected chi connectivity index (χ0v) is 22.2. The van der Waals surface area contributed by atoms with Crippen LogP contribution in [0.4, 0.5) is 0 Å². The van der Waals surface area contributed by atoms with Crippen LogP contribution in [0.1, 0.15) is 11.1 Å². The van der Waals surface area contributed by atoms with Crippen molar-refractivity contribution in [1.29, 1.82) is 0 Å². The summed E-state index contributed by atoms with van der Waals surface area (Å²) in [5.74, 6) is 0.352. The van der Waals surface area contributed by atoms with E-state index in [0.29, 0.717) is 17.9 Å². The van der Waals surface area contributed by atoms with Gasteiger partial charge in [-0.1, -0.05) is 36.4 Å². The number of fused-ring (bicyclic) bond motifs is 3. The van der Waals surface area contributed by atoms with Crippen LogP contribution < -0.4 is 0 Å². The molecule has 4 aromatic carbocycles. The molecule has 0 amide bonds. The summed E-state index contributed by atoms with van der Waals surface area (Å²) < 4.78 is 2.51. The van der Waals surface area contributed by atoms with Crippen LogP contribution in [-0.4, -0.2) is 10.2 Å². The molecule has 0 atom stereocenters. The minimum Gasteiger partial charge on any atom is -0.506 e. The molecule has 0 heterocycles. The van der Waals surface area contributed by atoms with E-state index in [-0.39, 0.29) is 11.5 Å². The number of aromatic hydroxyl groups is 2. The lowest BCUT2D eigenvalue weighted by atomic mass is 9.88. The molecule has 0 spiro atoms. The summed E-state index contributed by atoms with van der Waals surface area (Å²) in [5, 5.41) is 20.5. The molecule has 0 fully saturated rings. The predicted octanol–water partition coefficient (Wildman–Crippen LogP) is 9.05. The Kier molecular flexibility index (Phi) is 5.53. The highest BCUT2D eigenvalue weighted by Gasteiger charge is 2.25. The third-order valence-electron chi connectivity index (χ3n) is 5.62. The number of phenolic OH excluding ortho intramolecular Hbond substituents is 2. The van der Waals surface area contributed by atoms with Crippen LogP contribution >= 0.6 is 63.7 Å². The average molecular weight is 666 g/mol. The minimum absolute atomic E-state index is 0.175. The summed E-state index contributed by atoms with van der Waals surface area (Å²) in [7, 11) is 0. The molecule has 6 heteroatoms. The summed E-state index contributed by atoms with van der Waals surface area (Å²) in [5.41, 5.74) is 9.19. The molecule has 0 bridgehead atoms. The third kappa shape index (κ3) is 3.58. The van der Waals surface area contributed by atoms with E-state index in [1.807, 2.05) is 24.3 Å². The van der Waals surface area contributed by atoms with Gasteiger partial charge in [0, 0.05) is 0 Å². The Balaban J connectivity index is 1.84. The van der Waals surface area contributed by atoms with Crippen molar-refractivity contribution in [2.75, 3.05) is 0 Å². The van der Waals surface area contributed by atoms with Gasteiger partial charge in [0.15, 0.2) is 0 Å². The lowest BCUT2D eigenvalue weighted by Gasteiger charge is -2.18. The second-order valence-electron chi connectivity index (χ2n) is 7.43. The summed E-state index contributed by atoms with van der Waals surface area (Å²) >= 11 is 13.9. The van der Waals surface area contributed by atoms with Gasteiger partial charge in [-0.25, -0.2) is 0 Å². The topological polar surface area (TPSA) is 40.5 Å². The number of hydrogen-bond donors (Lipinski definition) is 2. The fraction of sp³-hybridized carbons (Fsp3) is 0.0400. The lowest BCUT2D eigenvalue weighted by Crippen LogP contribution is -1.94. The Labute approximate surface area is 213 Å². The van der Waals surface area contributed by atoms with Crippen LogP contribution in [0.2, 0.25) is 0 Å². The number of halogens is 4. The van der Waals surface area contributed by atoms with E-state index in [1.165, 1.54) is 22.3 Å². The molecule has 0 saturated heterocycles. The summed E-state index contributed by atoms with van der Waals surface area (Å²) in [4.78, 5) is 0. The smallest absolute Gasteiger partial charge is 0.143 e. The largest absolute Gasteiger partial charge is 0.506 e. The fourth-order valence-electron chi connectivity index (χ4n) is 4.21. The maximum Gasteiger partial charge on any atom is 0.143 e. The number of rotatable bonds is 2. The Bertz CT molecular complexity index is 1330. The van der Waals surface area contributed by atoms with Crippen molar-refractivity contribution < 1.29 is 10.2 Å². The second kappa shape index (κ2) is 8.07. The predicted molar refractivity (Wildman–Crippen MR) is 140 cm³/mol. The van der Waals surface area contributed by atoms with Crippen molar-refractivity contribution >= 4 is 63.7 Å². The maximum absolute atomic E-state index is 10.3. The highest BCUT2D eigenvalue weighted by Crippen LogP contribution is 2.49. The molecule has 0 aliphatic heterocycles. The van der Waals surface area contributed by atoms with E-state index in [2.05, 4.69) is 100 Å². The van der Waals surface area contributed by atoms with Gasteiger partial charge in [0.05, 0.1) is 17.9 Å². The molecule has 2 N–H and O–H groups in total. The Hall–Kier alpha value is -1.60. The van der Waals surface area contributed by atoms with Crippen molar-refractivity contribution in [1.82, 2.24) is 0 Å². The zero-order valence-electron chi connectivity index (χ0n) is 15.9. The highest BCUT2D eigenvalue weighted by atomic mass is 79.9. The minimum atomic E-state index is 0.175. The van der Waals surface area contributed by atoms with Gasteiger partial charge in [0.2, 0.25) is 0 Å². The molecular weight excluding hydrogens is 652 g/mol. The molecule has 0 saturated carbocycles. The van der Waals surface area contributed by atoms with Crippen molar-refractivity contribution in [3.8, 4) is 44.9 Å². The monoisotopic (exact) mass is 662 g/mol. The van der Waals surface area contributed by atoms with Crippen molar-refractivity contribution in [3.05, 3.63) is 89.7 Å². The van der Waals surface area contributed by atoms with E-state index in [0.717, 1.165) is 28.7 Å². The molecule has 0 radical (unpaired) electrons. The van der Waals surface area contributed by atoms with Crippen LogP contribution in [0.25, 0.3) is 33.4 Å². The SMILES string of the molecule is Oc1c(Br)cc(-c2ccc3c(c2-c2cc(Br)c(O)c(Br)c2)Cc2ccccc2-3)cc1Br. The van der Waals surface area contributed by atoms with E-state index in [1.54, 1.807) is 0 Å². The van der Waals surface area contributed by atoms with Crippen LogP contribution in [0.5, 0.6) is 11.5 Å². The molecule has 31 heavy (non-hydrogen) atoms. The summed E-state index contributed by atoms with van der Waals surface area (Å²) in [6, 6.07) is 20.6. The quantitative estimate of drug-likeness (QED) is 0.198. The van der Waals surface area contributed by atoms with Gasteiger partial charge in [-0.05, 0) is 139 Å². The Morgan fingerprint density at radius 1 is 0.581 bits per heavy atom. The van der Waals surface area contributed by atoms with E-state index in [4.69, 9.17) is 0 Å². The Morgan fingerprint density at radius 2 is 1.10 bits per heavy atom. The first-order valence-corrected chi connectivity index (χ1v) is 12.6. The average Bonchev–Trinajstić information content (AvgIpc) is 3.13. The van der Waals surface area contributed by atoms with Gasteiger partial charge in [-0.15, -0.1) is 0 Å². The molecule has 1 aliphatic carbocycles. The number of phenols is 2. The highest BCUT2D eigenvalue weighted by molar-refractivity contribution is 9.11. The molecule has 1 aliphatic rings. The van der Waals surface area contributed by atoms with Crippen LogP contribution in [-0.2, 0) is 6.42 Å². The maximum atomic E-state index is 10.3. The van der Waals surface area contributed by atoms with Gasteiger partial charge in [-0.2, -0.15) is 0 Å². The van der Waals surface area contributed by atoms with Gasteiger partial charge in [0.25, 0.3) is 0 Å². The molecule has 0 unspecified atom stereocenters. The normalized spacial score (nSPS) is 12.0. The Morgan fingerprint density at radius 3 is 1.71 bits per heavy atom. The van der Waals surface area contributed by atoms with Crippen LogP contribution in [0, 0.1) is 0 Å². The standard InChI is InChI=1S/C25H14Br4O2/c26-19-8-13(9-20(27)24(19)30)16-5-6-17-15-4-2-1-3-12(15)7-18(17)23(16)14-10-21(28)25(31)22(29)11-14/h1-6,8-11,30-31H,7H2. The fourth-order valence-corrected chi connectivity index (χ4v) is 6.59. The van der Waals surface area contributed by atoms with E-state index >= 15 is 0 Å². The van der Waals surface area contributed by atoms with Gasteiger partial charge in [0.1, 0.15) is 11.5 Å². The third-order valence-corrected chi connectivity index (χ3v) is 8.04. The molecule has 0 aromatic heterocycles. The van der Waals surface area contributed by atoms with Gasteiger partial charge >= 0.3 is 0 Å². The summed E-state index contributed by atoms with van der Waals surface area (Å²) in [6.45, 7) is 0. The van der Waals surface area contributed by atoms with E-state index in [9.17, 15) is 10.2 Å². The first kappa shape index (κ1) is 21.3. The number of benzene rings is 4. The second-order valence-corrected chi connectivity index (χ2v) is 10.8. The number of hydrogen-bond acceptors (Lipinski definition) is 2. The first-order valence-electron chi connectivity index (χ1n) is 9.46. The lowest BCUT2D eigenvalue weighted by molar-refractivity contribution is 0.468. The van der Waals surface area contributed by atoms with Crippen molar-refractivity contribution in [2.45, 2.75) is 6.42 Å². The van der Waals surface area contributed by atoms with Gasteiger partial charge < -0.3 is 10.2 Å². The summed E-state index contributed by atoms with van der Waals surface area (Å²) in [6.07, 6.45) is 0.839. The first-order chi connectivity index (χ1) is 14.8.